The molecule has 0 aliphatic heterocycles. The van der Waals surface area contributed by atoms with Crippen molar-refractivity contribution in [1.82, 2.24) is 0 Å². The molecule has 1 unspecified atom stereocenters. The van der Waals surface area contributed by atoms with E-state index in [0.29, 0.717) is 12.0 Å². The molecule has 15 heavy (non-hydrogen) atoms. The third-order valence-corrected chi connectivity index (χ3v) is 3.10. The third-order valence-electron chi connectivity index (χ3n) is 3.10. The van der Waals surface area contributed by atoms with Crippen molar-refractivity contribution >= 4 is 5.69 Å². The topological polar surface area (TPSA) is 23.5 Å². The molecular formula is C13H21NO. The van der Waals surface area contributed by atoms with Gasteiger partial charge in [0, 0.05) is 18.8 Å². The number of aliphatic hydroxyl groups is 1. The van der Waals surface area contributed by atoms with E-state index >= 15 is 0 Å². The predicted molar refractivity (Wildman–Crippen MR) is 65.1 cm³/mol. The Kier molecular flexibility index (Phi) is 4.15. The molecule has 0 saturated carbocycles. The quantitative estimate of drug-likeness (QED) is 0.820. The number of nitrogens with zero attached hydrogens (tertiary/aromatic N) is 1. The van der Waals surface area contributed by atoms with E-state index in [9.17, 15) is 0 Å². The second-order valence-electron chi connectivity index (χ2n) is 4.42. The van der Waals surface area contributed by atoms with E-state index in [4.69, 9.17) is 5.11 Å². The van der Waals surface area contributed by atoms with Gasteiger partial charge in [0.2, 0.25) is 0 Å². The highest BCUT2D eigenvalue weighted by molar-refractivity contribution is 5.47. The molecule has 0 aromatic heterocycles. The van der Waals surface area contributed by atoms with Crippen LogP contribution in [0.25, 0.3) is 0 Å². The van der Waals surface area contributed by atoms with Crippen LogP contribution in [-0.2, 0) is 6.61 Å². The van der Waals surface area contributed by atoms with Crippen LogP contribution < -0.4 is 4.90 Å². The smallest absolute Gasteiger partial charge is 0.0681 e. The maximum absolute atomic E-state index is 8.95. The van der Waals surface area contributed by atoms with Crippen molar-refractivity contribution in [3.8, 4) is 0 Å². The first-order valence-electron chi connectivity index (χ1n) is 5.49. The Bertz CT molecular complexity index is 292. The lowest BCUT2D eigenvalue weighted by Gasteiger charge is -2.30. The van der Waals surface area contributed by atoms with E-state index in [2.05, 4.69) is 44.9 Å². The van der Waals surface area contributed by atoms with Gasteiger partial charge in [0.1, 0.15) is 0 Å². The zero-order chi connectivity index (χ0) is 11.4. The first kappa shape index (κ1) is 12.1. The highest BCUT2D eigenvalue weighted by Crippen LogP contribution is 2.19. The van der Waals surface area contributed by atoms with Crippen LogP contribution in [-0.4, -0.2) is 18.2 Å². The fourth-order valence-corrected chi connectivity index (χ4v) is 1.52. The van der Waals surface area contributed by atoms with E-state index in [-0.39, 0.29) is 6.61 Å². The molecule has 0 bridgehead atoms. The largest absolute Gasteiger partial charge is 0.392 e. The van der Waals surface area contributed by atoms with Gasteiger partial charge in [-0.3, -0.25) is 0 Å². The minimum atomic E-state index is 0.115. The van der Waals surface area contributed by atoms with Crippen LogP contribution in [0.1, 0.15) is 26.3 Å². The molecule has 84 valence electrons. The van der Waals surface area contributed by atoms with Crippen LogP contribution in [0.15, 0.2) is 24.3 Å². The summed E-state index contributed by atoms with van der Waals surface area (Å²) in [6.45, 7) is 6.79. The summed E-state index contributed by atoms with van der Waals surface area (Å²) in [7, 11) is 2.11. The van der Waals surface area contributed by atoms with E-state index < -0.39 is 0 Å². The molecule has 0 amide bonds. The van der Waals surface area contributed by atoms with Crippen molar-refractivity contribution in [3.63, 3.8) is 0 Å². The molecule has 0 radical (unpaired) electrons. The fraction of sp³-hybridized carbons (Fsp3) is 0.538. The van der Waals surface area contributed by atoms with Crippen molar-refractivity contribution in [1.29, 1.82) is 0 Å². The standard InChI is InChI=1S/C13H21NO/c1-10(2)11(3)14(4)13-7-5-12(9-15)6-8-13/h5-8,10-11,15H,9H2,1-4H3. The lowest BCUT2D eigenvalue weighted by atomic mass is 10.0. The predicted octanol–water partition coefficient (Wildman–Crippen LogP) is 2.66. The van der Waals surface area contributed by atoms with Gasteiger partial charge < -0.3 is 10.0 Å². The van der Waals surface area contributed by atoms with Crippen molar-refractivity contribution in [2.45, 2.75) is 33.4 Å². The Morgan fingerprint density at radius 1 is 1.13 bits per heavy atom. The number of benzene rings is 1. The summed E-state index contributed by atoms with van der Waals surface area (Å²) in [5, 5.41) is 8.95. The van der Waals surface area contributed by atoms with Crippen molar-refractivity contribution in [2.75, 3.05) is 11.9 Å². The number of anilines is 1. The summed E-state index contributed by atoms with van der Waals surface area (Å²) < 4.78 is 0. The molecule has 2 nitrogen and oxygen atoms in total. The van der Waals surface area contributed by atoms with Crippen molar-refractivity contribution < 1.29 is 5.11 Å². The van der Waals surface area contributed by atoms with Crippen LogP contribution in [0.5, 0.6) is 0 Å². The Morgan fingerprint density at radius 2 is 1.67 bits per heavy atom. The molecule has 1 atom stereocenters. The van der Waals surface area contributed by atoms with Crippen LogP contribution in [0.3, 0.4) is 0 Å². The number of hydrogen-bond donors (Lipinski definition) is 1. The van der Waals surface area contributed by atoms with Gasteiger partial charge in [-0.1, -0.05) is 26.0 Å². The molecule has 0 fully saturated rings. The molecule has 0 spiro atoms. The van der Waals surface area contributed by atoms with Crippen LogP contribution in [0.4, 0.5) is 5.69 Å². The molecular weight excluding hydrogens is 186 g/mol. The SMILES string of the molecule is CC(C)C(C)N(C)c1ccc(CO)cc1. The minimum Gasteiger partial charge on any atom is -0.392 e. The van der Waals surface area contributed by atoms with Crippen LogP contribution >= 0.6 is 0 Å². The van der Waals surface area contributed by atoms with Crippen LogP contribution in [0.2, 0.25) is 0 Å². The first-order valence-corrected chi connectivity index (χ1v) is 5.49. The summed E-state index contributed by atoms with van der Waals surface area (Å²) in [4.78, 5) is 2.27. The molecule has 1 aromatic rings. The van der Waals surface area contributed by atoms with E-state index in [1.54, 1.807) is 0 Å². The van der Waals surface area contributed by atoms with E-state index in [0.717, 1.165) is 5.56 Å². The average molecular weight is 207 g/mol. The molecule has 0 saturated heterocycles. The summed E-state index contributed by atoms with van der Waals surface area (Å²) in [6, 6.07) is 8.58. The van der Waals surface area contributed by atoms with Crippen molar-refractivity contribution in [3.05, 3.63) is 29.8 Å². The Balaban J connectivity index is 2.78. The molecule has 2 heteroatoms. The van der Waals surface area contributed by atoms with Crippen LogP contribution in [0, 0.1) is 5.92 Å². The Hall–Kier alpha value is -1.02. The minimum absolute atomic E-state index is 0.115. The molecule has 1 aromatic carbocycles. The lowest BCUT2D eigenvalue weighted by molar-refractivity contribution is 0.282. The van der Waals surface area contributed by atoms with Crippen molar-refractivity contribution in [2.24, 2.45) is 5.92 Å². The normalized spacial score (nSPS) is 12.9. The Labute approximate surface area is 92.5 Å². The van der Waals surface area contributed by atoms with Gasteiger partial charge in [0.05, 0.1) is 6.61 Å². The van der Waals surface area contributed by atoms with Gasteiger partial charge in [-0.2, -0.15) is 0 Å². The molecule has 0 heterocycles. The van der Waals surface area contributed by atoms with E-state index in [1.165, 1.54) is 5.69 Å². The number of aliphatic hydroxyl groups excluding tert-OH is 1. The zero-order valence-electron chi connectivity index (χ0n) is 10.1. The number of rotatable bonds is 4. The Morgan fingerprint density at radius 3 is 2.07 bits per heavy atom. The molecule has 1 rings (SSSR count). The monoisotopic (exact) mass is 207 g/mol. The van der Waals surface area contributed by atoms with Gasteiger partial charge >= 0.3 is 0 Å². The van der Waals surface area contributed by atoms with Gasteiger partial charge in [0.15, 0.2) is 0 Å². The molecule has 1 N–H and O–H groups in total. The molecule has 0 aliphatic rings. The molecule has 0 aliphatic carbocycles. The maximum atomic E-state index is 8.95. The van der Waals surface area contributed by atoms with Gasteiger partial charge in [-0.05, 0) is 30.5 Å². The third kappa shape index (κ3) is 2.96. The number of hydrogen-bond acceptors (Lipinski definition) is 2. The highest BCUT2D eigenvalue weighted by Gasteiger charge is 2.13. The summed E-state index contributed by atoms with van der Waals surface area (Å²) >= 11 is 0. The highest BCUT2D eigenvalue weighted by atomic mass is 16.3. The van der Waals surface area contributed by atoms with E-state index in [1.807, 2.05) is 12.1 Å². The fourth-order valence-electron chi connectivity index (χ4n) is 1.52. The average Bonchev–Trinajstić information content (AvgIpc) is 2.27. The van der Waals surface area contributed by atoms with Gasteiger partial charge in [-0.15, -0.1) is 0 Å². The van der Waals surface area contributed by atoms with Gasteiger partial charge in [0.25, 0.3) is 0 Å². The van der Waals surface area contributed by atoms with Gasteiger partial charge in [-0.25, -0.2) is 0 Å². The summed E-state index contributed by atoms with van der Waals surface area (Å²) in [6.07, 6.45) is 0. The second kappa shape index (κ2) is 5.17. The lowest BCUT2D eigenvalue weighted by Crippen LogP contribution is -2.33. The first-order chi connectivity index (χ1) is 7.06. The second-order valence-corrected chi connectivity index (χ2v) is 4.42. The maximum Gasteiger partial charge on any atom is 0.0681 e. The summed E-state index contributed by atoms with van der Waals surface area (Å²) in [5.74, 6) is 0.632. The zero-order valence-corrected chi connectivity index (χ0v) is 10.1. The summed E-state index contributed by atoms with van der Waals surface area (Å²) in [5.41, 5.74) is 2.16.